The molecule has 89 valence electrons. The molecule has 1 fully saturated rings. The zero-order valence-electron chi connectivity index (χ0n) is 12.0. The zero-order chi connectivity index (χ0) is 16.6. The normalized spacial score (nSPS) is 16.3. The summed E-state index contributed by atoms with van der Waals surface area (Å²) in [5.74, 6) is -0.340. The maximum atomic E-state index is 10.2. The number of hydrogen-bond acceptors (Lipinski definition) is 3. The van der Waals surface area contributed by atoms with Crippen molar-refractivity contribution in [3.8, 4) is 0 Å². The molecule has 16 heteroatoms. The van der Waals surface area contributed by atoms with Crippen molar-refractivity contribution in [3.05, 3.63) is 0 Å². The van der Waals surface area contributed by atoms with Gasteiger partial charge in [-0.15, -0.1) is 0 Å². The third-order valence-corrected chi connectivity index (χ3v) is 4.40. The smallest absolute Gasteiger partial charge is 0.321 e. The van der Waals surface area contributed by atoms with Crippen LogP contribution in [-0.2, 0) is 4.79 Å². The van der Waals surface area contributed by atoms with Gasteiger partial charge in [0, 0.05) is 84.8 Å². The second-order valence-electron chi connectivity index (χ2n) is 4.98. The molecule has 21 heavy (non-hydrogen) atoms. The van der Waals surface area contributed by atoms with E-state index in [4.69, 9.17) is 57.3 Å². The van der Waals surface area contributed by atoms with E-state index in [9.17, 15) is 4.79 Å². The fourth-order valence-corrected chi connectivity index (χ4v) is 2.54. The minimum absolute atomic E-state index is 0.389. The Balaban J connectivity index is 0.000000382. The van der Waals surface area contributed by atoms with Crippen molar-refractivity contribution >= 4 is 104 Å². The average Bonchev–Trinajstić information content (AvgIpc) is 3.19. The Morgan fingerprint density at radius 2 is 1.86 bits per heavy atom. The number of aliphatic carboxylic acids is 1. The van der Waals surface area contributed by atoms with E-state index in [0.29, 0.717) is 10.9 Å². The van der Waals surface area contributed by atoms with E-state index >= 15 is 0 Å². The lowest BCUT2D eigenvalue weighted by Gasteiger charge is -2.25. The largest absolute Gasteiger partial charge is 0.480 e. The average molecular weight is 278 g/mol. The predicted octanol–water partition coefficient (Wildman–Crippen LogP) is -4.86. The monoisotopic (exact) mass is 280 g/mol. The highest BCUT2D eigenvalue weighted by Gasteiger charge is 2.27. The van der Waals surface area contributed by atoms with Crippen LogP contribution in [0, 0.1) is 0 Å². The van der Waals surface area contributed by atoms with Crippen molar-refractivity contribution in [2.45, 2.75) is 17.5 Å². The molecule has 0 amide bonds. The highest BCUT2D eigenvalue weighted by Crippen LogP contribution is 2.26. The molecule has 1 rings (SSSR count). The number of carbonyl (C=O) groups is 1. The van der Waals surface area contributed by atoms with Gasteiger partial charge < -0.3 is 10.8 Å². The van der Waals surface area contributed by atoms with Crippen molar-refractivity contribution in [1.29, 1.82) is 0 Å². The van der Waals surface area contributed by atoms with Gasteiger partial charge in [-0.2, -0.15) is 11.8 Å². The summed E-state index contributed by atoms with van der Waals surface area (Å²) in [5, 5.41) is 9.08. The van der Waals surface area contributed by atoms with Crippen LogP contribution in [0.1, 0.15) is 0 Å². The number of carboxylic acid groups (broad SMARTS) is 1. The van der Waals surface area contributed by atoms with Crippen molar-refractivity contribution in [1.82, 2.24) is 0 Å². The van der Waals surface area contributed by atoms with E-state index < -0.39 is 31.2 Å². The van der Waals surface area contributed by atoms with Crippen molar-refractivity contribution in [2.75, 3.05) is 5.75 Å². The molecule has 2 atom stereocenters. The third kappa shape index (κ3) is 10.0. The Labute approximate surface area is 143 Å². The van der Waals surface area contributed by atoms with E-state index in [2.05, 4.69) is 0 Å². The van der Waals surface area contributed by atoms with E-state index in [1.807, 2.05) is 0 Å². The van der Waals surface area contributed by atoms with Gasteiger partial charge in [-0.25, -0.2) is 0 Å². The van der Waals surface area contributed by atoms with Gasteiger partial charge >= 0.3 is 5.97 Å². The first-order chi connectivity index (χ1) is 9.70. The molecule has 0 spiro atoms. The summed E-state index contributed by atoms with van der Waals surface area (Å²) < 4.78 is 0. The summed E-state index contributed by atoms with van der Waals surface area (Å²) in [6, 6.07) is -0.675. The summed E-state index contributed by atoms with van der Waals surface area (Å²) in [6.07, 6.45) is -0.915. The number of thioether (sulfide) groups is 1. The Morgan fingerprint density at radius 1 is 1.38 bits per heavy atom. The maximum Gasteiger partial charge on any atom is 0.321 e. The second-order valence-corrected chi connectivity index (χ2v) is 6.31. The van der Waals surface area contributed by atoms with Crippen LogP contribution in [0.3, 0.4) is 0 Å². The van der Waals surface area contributed by atoms with Crippen LogP contribution in [0.25, 0.3) is 0 Å². The quantitative estimate of drug-likeness (QED) is 0.437. The lowest BCUT2D eigenvalue weighted by atomic mass is 8.56. The van der Waals surface area contributed by atoms with E-state index in [1.165, 1.54) is 20.7 Å². The predicted molar refractivity (Wildman–Crippen MR) is 107 cm³/mol. The lowest BCUT2D eigenvalue weighted by molar-refractivity contribution is -0.137. The molecule has 0 aromatic heterocycles. The molecule has 3 nitrogen and oxygen atoms in total. The molecular formula is C5H10B12NO2S. The molecule has 0 saturated carbocycles. The van der Waals surface area contributed by atoms with Crippen molar-refractivity contribution < 1.29 is 9.90 Å². The van der Waals surface area contributed by atoms with Crippen LogP contribution >= 0.6 is 11.8 Å². The molecule has 3 N–H and O–H groups in total. The number of nitrogens with two attached hydrogens (primary N) is 1. The zero-order valence-corrected chi connectivity index (χ0v) is 12.8. The van der Waals surface area contributed by atoms with Gasteiger partial charge in [0.2, 0.25) is 0 Å². The van der Waals surface area contributed by atoms with Gasteiger partial charge in [-0.05, 0) is 5.15 Å². The molecular weight excluding hydrogens is 268 g/mol. The molecule has 1 saturated heterocycles. The van der Waals surface area contributed by atoms with Gasteiger partial charge in [-0.1, -0.05) is 6.32 Å². The molecule has 0 bridgehead atoms. The van der Waals surface area contributed by atoms with Crippen LogP contribution in [0.2, 0.25) is 6.32 Å². The fourth-order valence-electron chi connectivity index (χ4n) is 1.44. The summed E-state index contributed by atoms with van der Waals surface area (Å²) in [5.41, 5.74) is 5.27. The summed E-state index contributed by atoms with van der Waals surface area (Å²) in [4.78, 5) is 10.2. The van der Waals surface area contributed by atoms with Gasteiger partial charge in [0.15, 0.2) is 0 Å². The summed E-state index contributed by atoms with van der Waals surface area (Å²) in [6.45, 7) is 0. The molecule has 0 aliphatic carbocycles. The first-order valence-electron chi connectivity index (χ1n) is 6.63. The molecule has 13 radical (unpaired) electrons. The Hall–Kier alpha value is 0.559. The summed E-state index contributed by atoms with van der Waals surface area (Å²) in [7, 11) is 34.7. The van der Waals surface area contributed by atoms with Crippen LogP contribution < -0.4 is 5.73 Å². The maximum absolute atomic E-state index is 10.2. The molecule has 0 aromatic carbocycles. The second kappa shape index (κ2) is 11.2. The van der Waals surface area contributed by atoms with Crippen LogP contribution in [0.15, 0.2) is 0 Å². The van der Waals surface area contributed by atoms with Gasteiger partial charge in [0.1, 0.15) is 13.3 Å². The minimum atomic E-state index is -0.895. The Bertz CT molecular complexity index is 297. The lowest BCUT2D eigenvalue weighted by Crippen LogP contribution is -2.63. The standard InChI is InChI=1S/C5H10BNO2S.B11/c7-3(5(8)9)2-10-4-1-6-4;1-7-10(6)11(8(2)3)9(4)5/h3-4,6H,1-2,7H2,(H,8,9);/t3-,4?;/m0./s1. The van der Waals surface area contributed by atoms with Gasteiger partial charge in [0.25, 0.3) is 0 Å². The SMILES string of the molecule is N[C@@H](CSC1BC1)C(=O)O.[B][B]B([B])B(B([B])[B])B([B])[B]. The number of carboxylic acids is 1. The molecule has 1 unspecified atom stereocenters. The molecule has 1 aliphatic rings. The first kappa shape index (κ1) is 21.6. The van der Waals surface area contributed by atoms with Crippen molar-refractivity contribution in [3.63, 3.8) is 0 Å². The van der Waals surface area contributed by atoms with Crippen LogP contribution in [0.5, 0.6) is 0 Å². The van der Waals surface area contributed by atoms with E-state index in [1.54, 1.807) is 11.8 Å². The minimum Gasteiger partial charge on any atom is -0.480 e. The number of rotatable bonds is 8. The van der Waals surface area contributed by atoms with E-state index in [0.717, 1.165) is 0 Å². The topological polar surface area (TPSA) is 63.3 Å². The van der Waals surface area contributed by atoms with Crippen LogP contribution in [0.4, 0.5) is 0 Å². The first-order valence-corrected chi connectivity index (χ1v) is 7.68. The Kier molecular flexibility index (Phi) is 11.4. The van der Waals surface area contributed by atoms with Crippen molar-refractivity contribution in [2.24, 2.45) is 5.73 Å². The number of hydrogen-bond donors (Lipinski definition) is 2. The molecule has 0 aromatic rings. The fraction of sp³-hybridized carbons (Fsp3) is 0.800. The molecule has 1 aliphatic heterocycles. The molecule has 1 heterocycles. The highest BCUT2D eigenvalue weighted by atomic mass is 32.2. The summed E-state index contributed by atoms with van der Waals surface area (Å²) >= 11 is 1.67. The third-order valence-electron chi connectivity index (χ3n) is 2.91. The highest BCUT2D eigenvalue weighted by molar-refractivity contribution is 8.02. The van der Waals surface area contributed by atoms with Gasteiger partial charge in [0.05, 0.1) is 0 Å². The Morgan fingerprint density at radius 3 is 2.10 bits per heavy atom. The van der Waals surface area contributed by atoms with Crippen LogP contribution in [-0.4, -0.2) is 114 Å². The van der Waals surface area contributed by atoms with E-state index in [-0.39, 0.29) is 6.39 Å². The van der Waals surface area contributed by atoms with Gasteiger partial charge in [-0.3, -0.25) is 4.79 Å².